The molecule has 0 bridgehead atoms. The number of fused-ring (bicyclic) bond motifs is 2. The van der Waals surface area contributed by atoms with Crippen LogP contribution in [0.4, 0.5) is 0 Å². The minimum absolute atomic E-state index is 0.573. The van der Waals surface area contributed by atoms with E-state index in [0.29, 0.717) is 5.25 Å². The molecule has 2 heterocycles. The van der Waals surface area contributed by atoms with Crippen LogP contribution < -0.4 is 0 Å². The number of rotatable bonds is 2. The second-order valence-electron chi connectivity index (χ2n) is 5.37. The van der Waals surface area contributed by atoms with E-state index in [9.17, 15) is 5.26 Å². The Bertz CT molecular complexity index is 832. The lowest BCUT2D eigenvalue weighted by Crippen LogP contribution is -2.11. The van der Waals surface area contributed by atoms with Gasteiger partial charge in [-0.1, -0.05) is 24.3 Å². The van der Waals surface area contributed by atoms with Crippen LogP contribution in [0.2, 0.25) is 0 Å². The highest BCUT2D eigenvalue weighted by molar-refractivity contribution is 8.00. The molecule has 3 heteroatoms. The molecule has 0 saturated carbocycles. The van der Waals surface area contributed by atoms with Gasteiger partial charge in [0, 0.05) is 33.8 Å². The maximum atomic E-state index is 9.18. The van der Waals surface area contributed by atoms with E-state index in [1.165, 1.54) is 10.5 Å². The van der Waals surface area contributed by atoms with Gasteiger partial charge in [0.05, 0.1) is 11.6 Å². The van der Waals surface area contributed by atoms with Crippen molar-refractivity contribution in [3.8, 4) is 6.07 Å². The predicted octanol–water partition coefficient (Wildman–Crippen LogP) is 4.23. The highest BCUT2D eigenvalue weighted by atomic mass is 32.2. The molecule has 1 aliphatic rings. The molecule has 0 amide bonds. The number of hydrogen-bond donors (Lipinski definition) is 0. The Labute approximate surface area is 128 Å². The van der Waals surface area contributed by atoms with Crippen molar-refractivity contribution in [3.05, 3.63) is 65.9 Å². The van der Waals surface area contributed by atoms with Gasteiger partial charge in [-0.25, -0.2) is 0 Å². The molecule has 2 aromatic carbocycles. The molecule has 0 fully saturated rings. The number of thioether (sulfide) groups is 1. The molecule has 0 N–H and O–H groups in total. The zero-order chi connectivity index (χ0) is 14.2. The van der Waals surface area contributed by atoms with Gasteiger partial charge in [0.2, 0.25) is 0 Å². The molecule has 4 rings (SSSR count). The second-order valence-corrected chi connectivity index (χ2v) is 6.71. The van der Waals surface area contributed by atoms with Crippen LogP contribution in [0.15, 0.2) is 59.6 Å². The average Bonchev–Trinajstić information content (AvgIpc) is 3.11. The van der Waals surface area contributed by atoms with Crippen LogP contribution in [-0.4, -0.2) is 9.82 Å². The minimum Gasteiger partial charge on any atom is -0.346 e. The van der Waals surface area contributed by atoms with Crippen LogP contribution in [0, 0.1) is 11.3 Å². The van der Waals surface area contributed by atoms with E-state index in [4.69, 9.17) is 0 Å². The summed E-state index contributed by atoms with van der Waals surface area (Å²) in [5.74, 6) is 0. The summed E-state index contributed by atoms with van der Waals surface area (Å²) in [5, 5.41) is 10.8. The van der Waals surface area contributed by atoms with Gasteiger partial charge in [0.25, 0.3) is 0 Å². The SMILES string of the molecule is N#Cc1cccc2c1ccn2CC1Cc2ccccc2S1. The van der Waals surface area contributed by atoms with Crippen molar-refractivity contribution in [2.45, 2.75) is 23.1 Å². The molecule has 0 aliphatic carbocycles. The van der Waals surface area contributed by atoms with Gasteiger partial charge < -0.3 is 4.57 Å². The summed E-state index contributed by atoms with van der Waals surface area (Å²) in [6.07, 6.45) is 3.23. The van der Waals surface area contributed by atoms with E-state index in [1.807, 2.05) is 23.9 Å². The summed E-state index contributed by atoms with van der Waals surface area (Å²) in [7, 11) is 0. The predicted molar refractivity (Wildman–Crippen MR) is 86.4 cm³/mol. The monoisotopic (exact) mass is 290 g/mol. The number of hydrogen-bond acceptors (Lipinski definition) is 2. The Morgan fingerprint density at radius 1 is 1.14 bits per heavy atom. The smallest absolute Gasteiger partial charge is 0.0998 e. The molecule has 1 unspecified atom stereocenters. The van der Waals surface area contributed by atoms with Crippen LogP contribution in [0.5, 0.6) is 0 Å². The van der Waals surface area contributed by atoms with Gasteiger partial charge in [-0.2, -0.15) is 5.26 Å². The quantitative estimate of drug-likeness (QED) is 0.706. The molecule has 0 saturated heterocycles. The van der Waals surface area contributed by atoms with E-state index in [-0.39, 0.29) is 0 Å². The number of nitriles is 1. The van der Waals surface area contributed by atoms with Crippen molar-refractivity contribution in [2.24, 2.45) is 0 Å². The normalized spacial score (nSPS) is 16.8. The fraction of sp³-hybridized carbons (Fsp3) is 0.167. The molecule has 21 heavy (non-hydrogen) atoms. The third-order valence-corrected chi connectivity index (χ3v) is 5.35. The van der Waals surface area contributed by atoms with Gasteiger partial charge in [-0.3, -0.25) is 0 Å². The van der Waals surface area contributed by atoms with Crippen molar-refractivity contribution in [1.29, 1.82) is 5.26 Å². The molecule has 1 aliphatic heterocycles. The largest absolute Gasteiger partial charge is 0.346 e. The third kappa shape index (κ3) is 2.12. The van der Waals surface area contributed by atoms with E-state index in [0.717, 1.165) is 29.4 Å². The summed E-state index contributed by atoms with van der Waals surface area (Å²) in [6.45, 7) is 0.984. The lowest BCUT2D eigenvalue weighted by atomic mass is 10.1. The fourth-order valence-electron chi connectivity index (χ4n) is 3.06. The van der Waals surface area contributed by atoms with Gasteiger partial charge in [0.15, 0.2) is 0 Å². The van der Waals surface area contributed by atoms with Crippen LogP contribution in [-0.2, 0) is 13.0 Å². The highest BCUT2D eigenvalue weighted by Gasteiger charge is 2.22. The molecule has 0 spiro atoms. The Hall–Kier alpha value is -2.18. The van der Waals surface area contributed by atoms with Crippen molar-refractivity contribution in [3.63, 3.8) is 0 Å². The standard InChI is InChI=1S/C18H14N2S/c19-11-14-5-3-6-17-16(14)8-9-20(17)12-15-10-13-4-1-2-7-18(13)21-15/h1-9,15H,10,12H2. The van der Waals surface area contributed by atoms with Crippen molar-refractivity contribution >= 4 is 22.7 Å². The molecular weight excluding hydrogens is 276 g/mol. The first-order valence-corrected chi connectivity index (χ1v) is 7.95. The molecule has 2 nitrogen and oxygen atoms in total. The fourth-order valence-corrected chi connectivity index (χ4v) is 4.37. The third-order valence-electron chi connectivity index (χ3n) is 4.05. The maximum absolute atomic E-state index is 9.18. The summed E-state index contributed by atoms with van der Waals surface area (Å²) >= 11 is 1.97. The zero-order valence-corrected chi connectivity index (χ0v) is 12.3. The van der Waals surface area contributed by atoms with Crippen LogP contribution in [0.3, 0.4) is 0 Å². The first kappa shape index (κ1) is 12.6. The van der Waals surface area contributed by atoms with Gasteiger partial charge in [-0.05, 0) is 36.2 Å². The summed E-state index contributed by atoms with van der Waals surface area (Å²) < 4.78 is 2.28. The summed E-state index contributed by atoms with van der Waals surface area (Å²) in [4.78, 5) is 1.41. The van der Waals surface area contributed by atoms with Crippen LogP contribution >= 0.6 is 11.8 Å². The molecule has 1 aromatic heterocycles. The van der Waals surface area contributed by atoms with Crippen LogP contribution in [0.1, 0.15) is 11.1 Å². The minimum atomic E-state index is 0.573. The van der Waals surface area contributed by atoms with E-state index in [2.05, 4.69) is 53.2 Å². The number of nitrogens with zero attached hydrogens (tertiary/aromatic N) is 2. The Balaban J connectivity index is 1.64. The molecule has 0 radical (unpaired) electrons. The number of aromatic nitrogens is 1. The van der Waals surface area contributed by atoms with Gasteiger partial charge >= 0.3 is 0 Å². The Kier molecular flexibility index (Phi) is 2.98. The number of benzene rings is 2. The molecule has 3 aromatic rings. The molecular formula is C18H14N2S. The van der Waals surface area contributed by atoms with E-state index < -0.39 is 0 Å². The lowest BCUT2D eigenvalue weighted by molar-refractivity contribution is 0.685. The zero-order valence-electron chi connectivity index (χ0n) is 11.5. The molecule has 1 atom stereocenters. The topological polar surface area (TPSA) is 28.7 Å². The van der Waals surface area contributed by atoms with E-state index >= 15 is 0 Å². The first-order valence-electron chi connectivity index (χ1n) is 7.07. The highest BCUT2D eigenvalue weighted by Crippen LogP contribution is 2.38. The Morgan fingerprint density at radius 3 is 2.90 bits per heavy atom. The first-order chi connectivity index (χ1) is 10.3. The molecule has 102 valence electrons. The average molecular weight is 290 g/mol. The Morgan fingerprint density at radius 2 is 2.05 bits per heavy atom. The maximum Gasteiger partial charge on any atom is 0.0998 e. The van der Waals surface area contributed by atoms with Gasteiger partial charge in [0.1, 0.15) is 0 Å². The van der Waals surface area contributed by atoms with Crippen molar-refractivity contribution in [2.75, 3.05) is 0 Å². The van der Waals surface area contributed by atoms with Gasteiger partial charge in [-0.15, -0.1) is 11.8 Å². The van der Waals surface area contributed by atoms with E-state index in [1.54, 1.807) is 0 Å². The lowest BCUT2D eigenvalue weighted by Gasteiger charge is -2.11. The summed E-state index contributed by atoms with van der Waals surface area (Å²) in [5.41, 5.74) is 3.38. The summed E-state index contributed by atoms with van der Waals surface area (Å²) in [6, 6.07) is 18.9. The van der Waals surface area contributed by atoms with Crippen molar-refractivity contribution < 1.29 is 0 Å². The van der Waals surface area contributed by atoms with Crippen LogP contribution in [0.25, 0.3) is 10.9 Å². The van der Waals surface area contributed by atoms with Crippen molar-refractivity contribution in [1.82, 2.24) is 4.57 Å². The second kappa shape index (κ2) is 4.98.